The highest BCUT2D eigenvalue weighted by atomic mass is 32.2. The highest BCUT2D eigenvalue weighted by Crippen LogP contribution is 2.22. The molecule has 2 aromatic heterocycles. The second-order valence-electron chi connectivity index (χ2n) is 5.21. The monoisotopic (exact) mass is 382 g/mol. The zero-order valence-corrected chi connectivity index (χ0v) is 15.3. The molecule has 0 spiro atoms. The van der Waals surface area contributed by atoms with Gasteiger partial charge in [-0.15, -0.1) is 22.7 Å². The van der Waals surface area contributed by atoms with Crippen LogP contribution in [-0.4, -0.2) is 13.4 Å². The smallest absolute Gasteiger partial charge is 0.248 e. The first-order valence-corrected chi connectivity index (χ1v) is 10.3. The van der Waals surface area contributed by atoms with Gasteiger partial charge >= 0.3 is 0 Å². The van der Waals surface area contributed by atoms with E-state index < -0.39 is 10.0 Å². The molecular weight excluding hydrogens is 367 g/mol. The zero-order chi connectivity index (χ0) is 17.2. The van der Waals surface area contributed by atoms with Gasteiger partial charge in [0.1, 0.15) is 15.0 Å². The van der Waals surface area contributed by atoms with Crippen LogP contribution in [0.3, 0.4) is 0 Å². The molecule has 1 N–H and O–H groups in total. The van der Waals surface area contributed by atoms with Gasteiger partial charge in [0, 0.05) is 22.4 Å². The highest BCUT2D eigenvalue weighted by molar-refractivity contribution is 7.91. The van der Waals surface area contributed by atoms with Crippen LogP contribution < -0.4 is 4.72 Å². The van der Waals surface area contributed by atoms with Gasteiger partial charge in [-0.3, -0.25) is 0 Å². The van der Waals surface area contributed by atoms with Crippen LogP contribution in [0.5, 0.6) is 0 Å². The minimum absolute atomic E-state index is 0.160. The number of thiophene rings is 1. The zero-order valence-electron chi connectivity index (χ0n) is 12.8. The third kappa shape index (κ3) is 4.27. The summed E-state index contributed by atoms with van der Waals surface area (Å²) in [4.78, 5) is 6.21. The molecule has 0 fully saturated rings. The number of rotatable bonds is 6. The summed E-state index contributed by atoms with van der Waals surface area (Å²) in [5.41, 5.74) is 0.987. The van der Waals surface area contributed by atoms with E-state index in [1.54, 1.807) is 30.5 Å². The number of benzene rings is 1. The van der Waals surface area contributed by atoms with Crippen molar-refractivity contribution in [2.24, 2.45) is 0 Å². The Balaban J connectivity index is 1.63. The Morgan fingerprint density at radius 2 is 1.88 bits per heavy atom. The van der Waals surface area contributed by atoms with Gasteiger partial charge in [0.05, 0.1) is 6.54 Å². The number of nitrogens with one attached hydrogen (secondary N) is 1. The summed E-state index contributed by atoms with van der Waals surface area (Å²) in [5, 5.41) is 0.698. The topological polar surface area (TPSA) is 59.1 Å². The third-order valence-electron chi connectivity index (χ3n) is 3.29. The van der Waals surface area contributed by atoms with Gasteiger partial charge in [-0.1, -0.05) is 12.1 Å². The summed E-state index contributed by atoms with van der Waals surface area (Å²) in [6.45, 7) is 2.03. The van der Waals surface area contributed by atoms with Crippen molar-refractivity contribution in [1.82, 2.24) is 9.71 Å². The van der Waals surface area contributed by atoms with Crippen molar-refractivity contribution in [3.8, 4) is 0 Å². The number of nitrogens with zero attached hydrogens (tertiary/aromatic N) is 1. The van der Waals surface area contributed by atoms with Crippen molar-refractivity contribution in [1.29, 1.82) is 0 Å². The number of aryl methyl sites for hydroxylation is 1. The fourth-order valence-electron chi connectivity index (χ4n) is 2.10. The molecule has 3 aromatic rings. The molecule has 126 valence electrons. The second-order valence-corrected chi connectivity index (χ2v) is 9.69. The average molecular weight is 383 g/mol. The quantitative estimate of drug-likeness (QED) is 0.707. The molecule has 0 aliphatic rings. The molecule has 0 aliphatic heterocycles. The van der Waals surface area contributed by atoms with Gasteiger partial charge in [-0.25, -0.2) is 22.5 Å². The maximum Gasteiger partial charge on any atom is 0.250 e. The lowest BCUT2D eigenvalue weighted by Crippen LogP contribution is -2.22. The molecule has 0 aliphatic carbocycles. The van der Waals surface area contributed by atoms with E-state index in [1.165, 1.54) is 34.8 Å². The van der Waals surface area contributed by atoms with E-state index in [9.17, 15) is 12.8 Å². The van der Waals surface area contributed by atoms with Crippen LogP contribution in [0.4, 0.5) is 4.39 Å². The summed E-state index contributed by atoms with van der Waals surface area (Å²) in [7, 11) is -3.50. The minimum atomic E-state index is -3.50. The van der Waals surface area contributed by atoms with Crippen molar-refractivity contribution in [3.05, 3.63) is 68.7 Å². The predicted molar refractivity (Wildman–Crippen MR) is 94.4 cm³/mol. The lowest BCUT2D eigenvalue weighted by Gasteiger charge is -2.02. The molecule has 0 saturated carbocycles. The number of halogens is 1. The summed E-state index contributed by atoms with van der Waals surface area (Å²) in [6, 6.07) is 9.70. The molecule has 0 radical (unpaired) electrons. The number of hydrogen-bond acceptors (Lipinski definition) is 5. The molecular formula is C16H15FN2O2S3. The molecule has 3 rings (SSSR count). The van der Waals surface area contributed by atoms with Crippen LogP contribution in [0.15, 0.2) is 46.8 Å². The van der Waals surface area contributed by atoms with Crippen molar-refractivity contribution in [2.75, 3.05) is 0 Å². The standard InChI is InChI=1S/C16H15FN2O2S3/c1-11-2-7-16(22-11)24(20,21)19-10-15-18-9-14(23-15)8-12-3-5-13(17)6-4-12/h2-7,9,19H,8,10H2,1H3. The third-order valence-corrected chi connectivity index (χ3v) is 7.18. The maximum atomic E-state index is 12.9. The van der Waals surface area contributed by atoms with E-state index in [-0.39, 0.29) is 12.4 Å². The summed E-state index contributed by atoms with van der Waals surface area (Å²) < 4.78 is 40.2. The lowest BCUT2D eigenvalue weighted by molar-refractivity contribution is 0.583. The van der Waals surface area contributed by atoms with Crippen LogP contribution in [-0.2, 0) is 23.0 Å². The van der Waals surface area contributed by atoms with Crippen LogP contribution >= 0.6 is 22.7 Å². The first-order valence-electron chi connectivity index (χ1n) is 7.16. The summed E-state index contributed by atoms with van der Waals surface area (Å²) >= 11 is 2.68. The Morgan fingerprint density at radius 1 is 1.12 bits per heavy atom. The van der Waals surface area contributed by atoms with Crippen molar-refractivity contribution in [3.63, 3.8) is 0 Å². The predicted octanol–water partition coefficient (Wildman–Crippen LogP) is 3.72. The molecule has 2 heterocycles. The van der Waals surface area contributed by atoms with E-state index in [0.29, 0.717) is 15.6 Å². The molecule has 0 bridgehead atoms. The van der Waals surface area contributed by atoms with Gasteiger partial charge in [0.2, 0.25) is 10.0 Å². The molecule has 4 nitrogen and oxygen atoms in total. The number of thiazole rings is 1. The first-order chi connectivity index (χ1) is 11.4. The largest absolute Gasteiger partial charge is 0.250 e. The molecule has 1 aromatic carbocycles. The summed E-state index contributed by atoms with van der Waals surface area (Å²) in [5.74, 6) is -0.262. The molecule has 24 heavy (non-hydrogen) atoms. The van der Waals surface area contributed by atoms with Crippen LogP contribution in [0.1, 0.15) is 20.3 Å². The van der Waals surface area contributed by atoms with Gasteiger partial charge in [0.15, 0.2) is 0 Å². The van der Waals surface area contributed by atoms with Gasteiger partial charge in [-0.2, -0.15) is 0 Å². The minimum Gasteiger partial charge on any atom is -0.248 e. The molecule has 0 unspecified atom stereocenters. The molecule has 8 heteroatoms. The Bertz CT molecular complexity index is 930. The van der Waals surface area contributed by atoms with E-state index in [2.05, 4.69) is 9.71 Å². The normalized spacial score (nSPS) is 11.8. The average Bonchev–Trinajstić information content (AvgIpc) is 3.17. The second kappa shape index (κ2) is 7.10. The maximum absolute atomic E-state index is 12.9. The van der Waals surface area contributed by atoms with E-state index >= 15 is 0 Å². The molecule has 0 saturated heterocycles. The SMILES string of the molecule is Cc1ccc(S(=O)(=O)NCc2ncc(Cc3ccc(F)cc3)s2)s1. The van der Waals surface area contributed by atoms with Crippen LogP contribution in [0, 0.1) is 12.7 Å². The summed E-state index contributed by atoms with van der Waals surface area (Å²) in [6.07, 6.45) is 2.38. The Kier molecular flexibility index (Phi) is 5.09. The fraction of sp³-hybridized carbons (Fsp3) is 0.188. The van der Waals surface area contributed by atoms with Gasteiger partial charge in [-0.05, 0) is 36.8 Å². The van der Waals surface area contributed by atoms with Crippen molar-refractivity contribution < 1.29 is 12.8 Å². The highest BCUT2D eigenvalue weighted by Gasteiger charge is 2.16. The fourth-order valence-corrected chi connectivity index (χ4v) is 5.40. The number of hydrogen-bond donors (Lipinski definition) is 1. The van der Waals surface area contributed by atoms with Crippen LogP contribution in [0.25, 0.3) is 0 Å². The van der Waals surface area contributed by atoms with E-state index in [4.69, 9.17) is 0 Å². The number of sulfonamides is 1. The van der Waals surface area contributed by atoms with Crippen LogP contribution in [0.2, 0.25) is 0 Å². The number of aromatic nitrogens is 1. The lowest BCUT2D eigenvalue weighted by atomic mass is 10.1. The molecule has 0 atom stereocenters. The molecule has 0 amide bonds. The van der Waals surface area contributed by atoms with Gasteiger partial charge in [0.25, 0.3) is 0 Å². The van der Waals surface area contributed by atoms with Crippen molar-refractivity contribution in [2.45, 2.75) is 24.1 Å². The Labute approximate surface area is 148 Å². The van der Waals surface area contributed by atoms with Gasteiger partial charge < -0.3 is 0 Å². The van der Waals surface area contributed by atoms with Crippen molar-refractivity contribution >= 4 is 32.7 Å². The Hall–Kier alpha value is -1.61. The van der Waals surface area contributed by atoms with E-state index in [1.807, 2.05) is 6.92 Å². The first kappa shape index (κ1) is 17.2. The van der Waals surface area contributed by atoms with E-state index in [0.717, 1.165) is 15.3 Å². The Morgan fingerprint density at radius 3 is 2.54 bits per heavy atom.